The molecule has 0 unspecified atom stereocenters. The number of alkyl carbamates (subject to hydrolysis) is 1. The number of carboxylic acid groups (broad SMARTS) is 1. The molecule has 0 heterocycles. The first-order chi connectivity index (χ1) is 12.8. The van der Waals surface area contributed by atoms with Gasteiger partial charge in [0.25, 0.3) is 5.69 Å². The summed E-state index contributed by atoms with van der Waals surface area (Å²) in [7, 11) is -3.22. The highest BCUT2D eigenvalue weighted by atomic mass is 32.2. The van der Waals surface area contributed by atoms with Crippen LogP contribution in [0.1, 0.15) is 20.8 Å². The number of amides is 1. The Labute approximate surface area is 162 Å². The standard InChI is InChI=1S/C16H23N3O8S/c1-16(2,3)27-15(22)17-9-11(14(20)21)10-18(4)28(25,26)13-8-6-5-7-12(13)19(23)24/h5-8,11H,9-10H2,1-4H3,(H,17,22)(H,20,21)/t11-/m0/s1. The van der Waals surface area contributed by atoms with E-state index in [0.29, 0.717) is 4.31 Å². The Hall–Kier alpha value is -2.73. The van der Waals surface area contributed by atoms with Crippen molar-refractivity contribution in [2.24, 2.45) is 5.92 Å². The number of rotatable bonds is 8. The molecule has 12 heteroatoms. The first-order valence-corrected chi connectivity index (χ1v) is 9.59. The Balaban J connectivity index is 2.95. The van der Waals surface area contributed by atoms with Crippen molar-refractivity contribution in [3.8, 4) is 0 Å². The zero-order valence-electron chi connectivity index (χ0n) is 15.9. The van der Waals surface area contributed by atoms with Crippen molar-refractivity contribution in [1.82, 2.24) is 9.62 Å². The van der Waals surface area contributed by atoms with Crippen molar-refractivity contribution in [2.75, 3.05) is 20.1 Å². The number of nitro benzene ring substituents is 1. The van der Waals surface area contributed by atoms with E-state index in [4.69, 9.17) is 4.74 Å². The van der Waals surface area contributed by atoms with Gasteiger partial charge in [-0.15, -0.1) is 0 Å². The van der Waals surface area contributed by atoms with Crippen molar-refractivity contribution in [3.05, 3.63) is 34.4 Å². The molecule has 0 saturated carbocycles. The lowest BCUT2D eigenvalue weighted by atomic mass is 10.1. The maximum atomic E-state index is 12.7. The van der Waals surface area contributed by atoms with E-state index in [2.05, 4.69) is 5.32 Å². The minimum atomic E-state index is -4.33. The van der Waals surface area contributed by atoms with Crippen molar-refractivity contribution >= 4 is 27.8 Å². The predicted octanol–water partition coefficient (Wildman–Crippen LogP) is 1.44. The molecular formula is C16H23N3O8S. The molecule has 0 spiro atoms. The molecule has 0 fully saturated rings. The van der Waals surface area contributed by atoms with Crippen LogP contribution in [0.3, 0.4) is 0 Å². The fraction of sp³-hybridized carbons (Fsp3) is 0.500. The SMILES string of the molecule is CN(C[C@H](CNC(=O)OC(C)(C)C)C(=O)O)S(=O)(=O)c1ccccc1[N+](=O)[O-]. The van der Waals surface area contributed by atoms with E-state index >= 15 is 0 Å². The lowest BCUT2D eigenvalue weighted by Gasteiger charge is -2.23. The summed E-state index contributed by atoms with van der Waals surface area (Å²) < 4.78 is 31.0. The Morgan fingerprint density at radius 2 is 1.89 bits per heavy atom. The lowest BCUT2D eigenvalue weighted by molar-refractivity contribution is -0.387. The van der Waals surface area contributed by atoms with Crippen LogP contribution < -0.4 is 5.32 Å². The number of carbonyl (C=O) groups excluding carboxylic acids is 1. The number of nitrogens with zero attached hydrogens (tertiary/aromatic N) is 2. The van der Waals surface area contributed by atoms with E-state index in [0.717, 1.165) is 19.2 Å². The number of sulfonamides is 1. The molecule has 0 aliphatic rings. The number of para-hydroxylation sites is 1. The van der Waals surface area contributed by atoms with E-state index in [1.54, 1.807) is 20.8 Å². The first-order valence-electron chi connectivity index (χ1n) is 8.15. The summed E-state index contributed by atoms with van der Waals surface area (Å²) in [5.41, 5.74) is -1.40. The summed E-state index contributed by atoms with van der Waals surface area (Å²) in [5.74, 6) is -2.64. The molecule has 0 radical (unpaired) electrons. The zero-order chi connectivity index (χ0) is 21.7. The maximum absolute atomic E-state index is 12.7. The summed E-state index contributed by atoms with van der Waals surface area (Å²) in [6.45, 7) is 4.00. The minimum absolute atomic E-state index is 0.388. The van der Waals surface area contributed by atoms with Gasteiger partial charge in [0.15, 0.2) is 4.90 Å². The molecule has 11 nitrogen and oxygen atoms in total. The van der Waals surface area contributed by atoms with Gasteiger partial charge in [0.1, 0.15) is 5.60 Å². The van der Waals surface area contributed by atoms with Crippen LogP contribution in [-0.4, -0.2) is 60.6 Å². The third-order valence-electron chi connectivity index (χ3n) is 3.47. The summed E-state index contributed by atoms with van der Waals surface area (Å²) in [5, 5.41) is 22.7. The van der Waals surface area contributed by atoms with Gasteiger partial charge in [0.2, 0.25) is 10.0 Å². The molecule has 1 aromatic rings. The number of carboxylic acids is 1. The van der Waals surface area contributed by atoms with Gasteiger partial charge in [0.05, 0.1) is 10.8 Å². The van der Waals surface area contributed by atoms with Gasteiger partial charge < -0.3 is 15.2 Å². The zero-order valence-corrected chi connectivity index (χ0v) is 16.7. The molecule has 0 aromatic heterocycles. The molecular weight excluding hydrogens is 394 g/mol. The molecule has 28 heavy (non-hydrogen) atoms. The van der Waals surface area contributed by atoms with E-state index in [9.17, 15) is 33.2 Å². The first kappa shape index (κ1) is 23.3. The number of nitrogens with one attached hydrogen (secondary N) is 1. The van der Waals surface area contributed by atoms with Crippen LogP contribution in [0, 0.1) is 16.0 Å². The Bertz CT molecular complexity index is 848. The third-order valence-corrected chi connectivity index (χ3v) is 5.34. The van der Waals surface area contributed by atoms with Crippen molar-refractivity contribution in [1.29, 1.82) is 0 Å². The summed E-state index contributed by atoms with van der Waals surface area (Å²) >= 11 is 0. The quantitative estimate of drug-likeness (QED) is 0.475. The smallest absolute Gasteiger partial charge is 0.407 e. The second-order valence-corrected chi connectivity index (χ2v) is 8.94. The van der Waals surface area contributed by atoms with E-state index < -0.39 is 55.7 Å². The van der Waals surface area contributed by atoms with Gasteiger partial charge >= 0.3 is 12.1 Å². The van der Waals surface area contributed by atoms with Crippen LogP contribution in [0.4, 0.5) is 10.5 Å². The van der Waals surface area contributed by atoms with Crippen LogP contribution >= 0.6 is 0 Å². The topological polar surface area (TPSA) is 156 Å². The van der Waals surface area contributed by atoms with E-state index in [1.165, 1.54) is 12.1 Å². The van der Waals surface area contributed by atoms with E-state index in [1.807, 2.05) is 0 Å². The molecule has 0 saturated heterocycles. The van der Waals surface area contributed by atoms with Crippen molar-refractivity contribution in [3.63, 3.8) is 0 Å². The minimum Gasteiger partial charge on any atom is -0.481 e. The molecule has 0 aliphatic carbocycles. The fourth-order valence-electron chi connectivity index (χ4n) is 2.15. The second-order valence-electron chi connectivity index (χ2n) is 6.93. The summed E-state index contributed by atoms with van der Waals surface area (Å²) in [4.78, 5) is 32.8. The van der Waals surface area contributed by atoms with Crippen LogP contribution in [0.15, 0.2) is 29.2 Å². The van der Waals surface area contributed by atoms with Gasteiger partial charge in [0, 0.05) is 26.2 Å². The molecule has 0 aliphatic heterocycles. The molecule has 1 atom stereocenters. The maximum Gasteiger partial charge on any atom is 0.407 e. The monoisotopic (exact) mass is 417 g/mol. The lowest BCUT2D eigenvalue weighted by Crippen LogP contribution is -2.42. The molecule has 1 amide bonds. The molecule has 2 N–H and O–H groups in total. The fourth-order valence-corrected chi connectivity index (χ4v) is 3.52. The van der Waals surface area contributed by atoms with Gasteiger partial charge in [-0.1, -0.05) is 12.1 Å². The Morgan fingerprint density at radius 1 is 1.32 bits per heavy atom. The molecule has 156 valence electrons. The van der Waals surface area contributed by atoms with Crippen LogP contribution in [0.25, 0.3) is 0 Å². The number of ether oxygens (including phenoxy) is 1. The van der Waals surface area contributed by atoms with Crippen molar-refractivity contribution in [2.45, 2.75) is 31.3 Å². The van der Waals surface area contributed by atoms with Gasteiger partial charge in [-0.3, -0.25) is 14.9 Å². The molecule has 0 bridgehead atoms. The number of carbonyl (C=O) groups is 2. The number of hydrogen-bond donors (Lipinski definition) is 2. The van der Waals surface area contributed by atoms with Gasteiger partial charge in [-0.05, 0) is 26.8 Å². The summed E-state index contributed by atoms with van der Waals surface area (Å²) in [6.07, 6.45) is -0.844. The highest BCUT2D eigenvalue weighted by Crippen LogP contribution is 2.26. The Kier molecular flexibility index (Phi) is 7.47. The number of benzene rings is 1. The van der Waals surface area contributed by atoms with E-state index in [-0.39, 0.29) is 6.54 Å². The highest BCUT2D eigenvalue weighted by molar-refractivity contribution is 7.89. The van der Waals surface area contributed by atoms with Crippen LogP contribution in [0.5, 0.6) is 0 Å². The molecule has 1 rings (SSSR count). The van der Waals surface area contributed by atoms with Crippen molar-refractivity contribution < 1.29 is 32.8 Å². The normalized spacial score (nSPS) is 13.0. The predicted molar refractivity (Wildman–Crippen MR) is 98.3 cm³/mol. The third kappa shape index (κ3) is 6.46. The van der Waals surface area contributed by atoms with Crippen LogP contribution in [0.2, 0.25) is 0 Å². The van der Waals surface area contributed by atoms with Gasteiger partial charge in [-0.2, -0.15) is 4.31 Å². The largest absolute Gasteiger partial charge is 0.481 e. The van der Waals surface area contributed by atoms with Gasteiger partial charge in [-0.25, -0.2) is 13.2 Å². The Morgan fingerprint density at radius 3 is 2.39 bits per heavy atom. The average molecular weight is 417 g/mol. The van der Waals surface area contributed by atoms with Crippen LogP contribution in [-0.2, 0) is 19.6 Å². The second kappa shape index (κ2) is 8.97. The molecule has 1 aromatic carbocycles. The number of aliphatic carboxylic acids is 1. The number of hydrogen-bond acceptors (Lipinski definition) is 7. The average Bonchev–Trinajstić information content (AvgIpc) is 2.56. The summed E-state index contributed by atoms with van der Waals surface area (Å²) in [6, 6.07) is 4.76. The highest BCUT2D eigenvalue weighted by Gasteiger charge is 2.32. The number of nitro groups is 1.